The number of unbranched alkanes of at least 4 members (excludes halogenated alkanes) is 7. The molecule has 1 rings (SSSR count). The Morgan fingerprint density at radius 2 is 1.57 bits per heavy atom. The number of nitrogens with zero attached hydrogens (tertiary/aromatic N) is 1. The van der Waals surface area contributed by atoms with Crippen LogP contribution in [0.5, 0.6) is 11.5 Å². The van der Waals surface area contributed by atoms with Gasteiger partial charge in [-0.1, -0.05) is 90.6 Å². The van der Waals surface area contributed by atoms with Gasteiger partial charge in [0.2, 0.25) is 0 Å². The van der Waals surface area contributed by atoms with Crippen LogP contribution in [0, 0.1) is 0 Å². The lowest BCUT2D eigenvalue weighted by Gasteiger charge is -2.12. The van der Waals surface area contributed by atoms with Crippen molar-refractivity contribution >= 4 is 52.6 Å². The Balaban J connectivity index is 2.13. The maximum absolute atomic E-state index is 6.23. The number of benzene rings is 1. The third-order valence-electron chi connectivity index (χ3n) is 4.17. The topological polar surface area (TPSA) is 40.0 Å². The number of hydrogen-bond donors (Lipinski definition) is 0. The van der Waals surface area contributed by atoms with Crippen molar-refractivity contribution < 1.29 is 14.3 Å². The van der Waals surface area contributed by atoms with E-state index >= 15 is 0 Å². The van der Waals surface area contributed by atoms with E-state index in [0.29, 0.717) is 34.8 Å². The summed E-state index contributed by atoms with van der Waals surface area (Å²) < 4.78 is 11.3. The van der Waals surface area contributed by atoms with Gasteiger partial charge in [-0.15, -0.1) is 0 Å². The predicted octanol–water partition coefficient (Wildman–Crippen LogP) is 8.60. The van der Waals surface area contributed by atoms with Crippen LogP contribution in [0.15, 0.2) is 27.9 Å². The van der Waals surface area contributed by atoms with E-state index < -0.39 is 0 Å². The lowest BCUT2D eigenvalue weighted by Crippen LogP contribution is -2.01. The van der Waals surface area contributed by atoms with Crippen LogP contribution >= 0.6 is 46.4 Å². The molecule has 0 aliphatic carbocycles. The minimum atomic E-state index is 0.139. The summed E-state index contributed by atoms with van der Waals surface area (Å²) in [5, 5.41) is 4.76. The highest BCUT2D eigenvalue weighted by atomic mass is 35.5. The van der Waals surface area contributed by atoms with Gasteiger partial charge in [0.05, 0.1) is 16.7 Å². The molecule has 0 radical (unpaired) electrons. The van der Waals surface area contributed by atoms with Gasteiger partial charge in [-0.3, -0.25) is 0 Å². The molecule has 0 bridgehead atoms. The molecule has 170 valence electrons. The molecule has 0 aromatic heterocycles. The van der Waals surface area contributed by atoms with Gasteiger partial charge >= 0.3 is 0 Å². The lowest BCUT2D eigenvalue weighted by atomic mass is 10.1. The van der Waals surface area contributed by atoms with Crippen molar-refractivity contribution in [1.29, 1.82) is 0 Å². The van der Waals surface area contributed by atoms with E-state index in [1.807, 2.05) is 6.21 Å². The normalized spacial score (nSPS) is 11.0. The molecule has 0 saturated heterocycles. The van der Waals surface area contributed by atoms with E-state index in [0.717, 1.165) is 19.3 Å². The van der Waals surface area contributed by atoms with Gasteiger partial charge < -0.3 is 14.3 Å². The fraction of sp³-hybridized carbons (Fsp3) is 0.591. The minimum absolute atomic E-state index is 0.139. The molecule has 0 saturated carbocycles. The van der Waals surface area contributed by atoms with Gasteiger partial charge in [-0.25, -0.2) is 0 Å². The highest BCUT2D eigenvalue weighted by Gasteiger charge is 2.10. The Kier molecular flexibility index (Phi) is 16.2. The van der Waals surface area contributed by atoms with Crippen molar-refractivity contribution in [1.82, 2.24) is 0 Å². The van der Waals surface area contributed by atoms with Crippen LogP contribution in [0.1, 0.15) is 64.7 Å². The van der Waals surface area contributed by atoms with Crippen LogP contribution < -0.4 is 9.47 Å². The first-order chi connectivity index (χ1) is 14.5. The minimum Gasteiger partial charge on any atom is -0.490 e. The average Bonchev–Trinajstić information content (AvgIpc) is 2.69. The van der Waals surface area contributed by atoms with Crippen molar-refractivity contribution in [3.63, 3.8) is 0 Å². The molecule has 0 atom stereocenters. The van der Waals surface area contributed by atoms with Crippen LogP contribution in [-0.4, -0.2) is 26.0 Å². The zero-order valence-electron chi connectivity index (χ0n) is 17.5. The van der Waals surface area contributed by atoms with Crippen molar-refractivity contribution in [3.8, 4) is 11.5 Å². The molecule has 30 heavy (non-hydrogen) atoms. The fourth-order valence-electron chi connectivity index (χ4n) is 2.58. The molecule has 0 fully saturated rings. The molecule has 1 aromatic carbocycles. The van der Waals surface area contributed by atoms with Crippen LogP contribution in [0.4, 0.5) is 0 Å². The van der Waals surface area contributed by atoms with Crippen LogP contribution in [0.3, 0.4) is 0 Å². The van der Waals surface area contributed by atoms with Crippen molar-refractivity contribution in [2.24, 2.45) is 5.16 Å². The van der Waals surface area contributed by atoms with E-state index in [1.165, 1.54) is 44.6 Å². The first-order valence-corrected chi connectivity index (χ1v) is 11.9. The number of rotatable bonds is 17. The number of oxime groups is 1. The third-order valence-corrected chi connectivity index (χ3v) is 5.04. The van der Waals surface area contributed by atoms with Crippen LogP contribution in [0.25, 0.3) is 0 Å². The second kappa shape index (κ2) is 17.8. The van der Waals surface area contributed by atoms with Crippen molar-refractivity contribution in [2.75, 3.05) is 19.8 Å². The SMILES string of the molecule is CCCCCCCCC=NOCCCCOc1c(Cl)cc(OCC=C(Cl)Cl)cc1Cl. The first-order valence-electron chi connectivity index (χ1n) is 10.4. The molecule has 0 aliphatic heterocycles. The Labute approximate surface area is 200 Å². The van der Waals surface area contributed by atoms with E-state index in [2.05, 4.69) is 12.1 Å². The fourth-order valence-corrected chi connectivity index (χ4v) is 3.28. The smallest absolute Gasteiger partial charge is 0.156 e. The summed E-state index contributed by atoms with van der Waals surface area (Å²) in [5.74, 6) is 0.949. The average molecular weight is 499 g/mol. The quantitative estimate of drug-likeness (QED) is 0.122. The molecule has 0 N–H and O–H groups in total. The second-order valence-electron chi connectivity index (χ2n) is 6.75. The third kappa shape index (κ3) is 13.5. The van der Waals surface area contributed by atoms with E-state index in [-0.39, 0.29) is 11.1 Å². The van der Waals surface area contributed by atoms with Crippen molar-refractivity contribution in [3.05, 3.63) is 32.7 Å². The monoisotopic (exact) mass is 497 g/mol. The highest BCUT2D eigenvalue weighted by Crippen LogP contribution is 2.37. The van der Waals surface area contributed by atoms with E-state index in [1.54, 1.807) is 12.1 Å². The van der Waals surface area contributed by atoms with Crippen LogP contribution in [0.2, 0.25) is 10.0 Å². The largest absolute Gasteiger partial charge is 0.490 e. The van der Waals surface area contributed by atoms with Gasteiger partial charge in [0.25, 0.3) is 0 Å². The molecule has 0 aliphatic rings. The Hall–Kier alpha value is -0.810. The molecule has 1 aromatic rings. The maximum Gasteiger partial charge on any atom is 0.156 e. The maximum atomic E-state index is 6.23. The summed E-state index contributed by atoms with van der Waals surface area (Å²) in [7, 11) is 0. The first kappa shape index (κ1) is 27.2. The summed E-state index contributed by atoms with van der Waals surface area (Å²) in [5.41, 5.74) is 0. The number of ether oxygens (including phenoxy) is 2. The lowest BCUT2D eigenvalue weighted by molar-refractivity contribution is 0.136. The molecule has 0 spiro atoms. The number of halogens is 4. The van der Waals surface area contributed by atoms with E-state index in [9.17, 15) is 0 Å². The van der Waals surface area contributed by atoms with Gasteiger partial charge in [-0.2, -0.15) is 0 Å². The Bertz CT molecular complexity index is 626. The van der Waals surface area contributed by atoms with Gasteiger partial charge in [0.15, 0.2) is 5.75 Å². The second-order valence-corrected chi connectivity index (χ2v) is 8.58. The highest BCUT2D eigenvalue weighted by molar-refractivity contribution is 6.55. The summed E-state index contributed by atoms with van der Waals surface area (Å²) >= 11 is 23.5. The summed E-state index contributed by atoms with van der Waals surface area (Å²) in [6, 6.07) is 3.28. The molecule has 0 heterocycles. The molecular weight excluding hydrogens is 468 g/mol. The van der Waals surface area contributed by atoms with Gasteiger partial charge in [-0.05, 0) is 31.8 Å². The van der Waals surface area contributed by atoms with Crippen LogP contribution in [-0.2, 0) is 4.84 Å². The molecular formula is C22H31Cl4NO3. The van der Waals surface area contributed by atoms with E-state index in [4.69, 9.17) is 60.7 Å². The molecule has 4 nitrogen and oxygen atoms in total. The summed E-state index contributed by atoms with van der Waals surface area (Å²) in [6.45, 7) is 3.49. The number of hydrogen-bond acceptors (Lipinski definition) is 4. The molecule has 8 heteroatoms. The Morgan fingerprint density at radius 1 is 0.900 bits per heavy atom. The predicted molar refractivity (Wildman–Crippen MR) is 129 cm³/mol. The standard InChI is InChI=1S/C22H31Cl4NO3/c1-2-3-4-5-6-7-8-12-27-30-14-10-9-13-29-22-19(23)16-18(17-20(22)24)28-15-11-21(25)26/h11-12,16-17H,2-10,13-15H2,1H3. The zero-order valence-corrected chi connectivity index (χ0v) is 20.5. The molecule has 0 unspecified atom stereocenters. The van der Waals surface area contributed by atoms with Gasteiger partial charge in [0.1, 0.15) is 23.5 Å². The summed E-state index contributed by atoms with van der Waals surface area (Å²) in [4.78, 5) is 5.27. The Morgan fingerprint density at radius 3 is 2.27 bits per heavy atom. The zero-order chi connectivity index (χ0) is 22.0. The van der Waals surface area contributed by atoms with Crippen molar-refractivity contribution in [2.45, 2.75) is 64.7 Å². The summed E-state index contributed by atoms with van der Waals surface area (Å²) in [6.07, 6.45) is 13.7. The van der Waals surface area contributed by atoms with Gasteiger partial charge in [0, 0.05) is 18.3 Å². The molecule has 0 amide bonds.